The van der Waals surface area contributed by atoms with Gasteiger partial charge in [-0.2, -0.15) is 0 Å². The number of carbonyl (C=O) groups excluding carboxylic acids is 2. The van der Waals surface area contributed by atoms with E-state index in [-0.39, 0.29) is 17.7 Å². The first-order valence-electron chi connectivity index (χ1n) is 12.1. The van der Waals surface area contributed by atoms with E-state index < -0.39 is 0 Å². The van der Waals surface area contributed by atoms with E-state index >= 15 is 0 Å². The molecule has 166 valence electrons. The fourth-order valence-electron chi connectivity index (χ4n) is 3.64. The third kappa shape index (κ3) is 18.5. The molecule has 0 saturated carbocycles. The van der Waals surface area contributed by atoms with Crippen LogP contribution in [0, 0.1) is 0 Å². The van der Waals surface area contributed by atoms with Crippen molar-refractivity contribution in [3.05, 3.63) is 0 Å². The van der Waals surface area contributed by atoms with Crippen LogP contribution in [-0.2, 0) is 9.59 Å². The Hall–Kier alpha value is -0.900. The van der Waals surface area contributed by atoms with E-state index in [0.717, 1.165) is 32.2 Å². The summed E-state index contributed by atoms with van der Waals surface area (Å²) in [5.41, 5.74) is 0. The van der Waals surface area contributed by atoms with E-state index in [1.54, 1.807) is 6.92 Å². The monoisotopic (exact) mass is 396 g/mol. The van der Waals surface area contributed by atoms with Crippen LogP contribution in [-0.4, -0.2) is 31.3 Å². The number of nitrogens with one attached hydrogen (secondary N) is 2. The lowest BCUT2D eigenvalue weighted by atomic mass is 10.0. The van der Waals surface area contributed by atoms with Gasteiger partial charge in [0.1, 0.15) is 5.78 Å². The minimum absolute atomic E-state index is 0.0403. The van der Waals surface area contributed by atoms with Gasteiger partial charge in [0.2, 0.25) is 5.91 Å². The number of rotatable bonds is 21. The second-order valence-electron chi connectivity index (χ2n) is 8.29. The number of likely N-dealkylation sites (N-methyl/N-ethyl adjacent to an activating group) is 1. The predicted molar refractivity (Wildman–Crippen MR) is 121 cm³/mol. The summed E-state index contributed by atoms with van der Waals surface area (Å²) in [6.07, 6.45) is 20.7. The van der Waals surface area contributed by atoms with E-state index in [1.807, 2.05) is 7.05 Å². The maximum atomic E-state index is 11.8. The van der Waals surface area contributed by atoms with Gasteiger partial charge in [-0.05, 0) is 39.7 Å². The molecule has 0 saturated heterocycles. The maximum Gasteiger partial charge on any atom is 0.219 e. The van der Waals surface area contributed by atoms with Gasteiger partial charge in [-0.15, -0.1) is 0 Å². The Labute approximate surface area is 175 Å². The normalized spacial score (nSPS) is 12.1. The molecular formula is C24H48N2O2. The average Bonchev–Trinajstić information content (AvgIpc) is 2.68. The molecule has 0 bridgehead atoms. The Morgan fingerprint density at radius 1 is 0.714 bits per heavy atom. The van der Waals surface area contributed by atoms with Crippen LogP contribution in [0.4, 0.5) is 0 Å². The Morgan fingerprint density at radius 2 is 1.21 bits per heavy atom. The highest BCUT2D eigenvalue weighted by molar-refractivity contribution is 5.81. The van der Waals surface area contributed by atoms with Crippen molar-refractivity contribution in [2.45, 2.75) is 129 Å². The fraction of sp³-hybridized carbons (Fsp3) is 0.917. The summed E-state index contributed by atoms with van der Waals surface area (Å²) in [4.78, 5) is 23.1. The SMILES string of the molecule is CCCCCCCCCCCCCCCC(=O)NCCCCC(NC)C(C)=O. The number of hydrogen-bond acceptors (Lipinski definition) is 3. The number of unbranched alkanes of at least 4 members (excludes halogenated alkanes) is 13. The lowest BCUT2D eigenvalue weighted by Gasteiger charge is -2.12. The van der Waals surface area contributed by atoms with Crippen LogP contribution in [0.3, 0.4) is 0 Å². The molecule has 4 heteroatoms. The van der Waals surface area contributed by atoms with E-state index in [1.165, 1.54) is 77.0 Å². The number of hydrogen-bond donors (Lipinski definition) is 2. The Morgan fingerprint density at radius 3 is 1.68 bits per heavy atom. The molecule has 1 atom stereocenters. The first-order chi connectivity index (χ1) is 13.6. The van der Waals surface area contributed by atoms with Gasteiger partial charge in [-0.3, -0.25) is 9.59 Å². The Kier molecular flexibility index (Phi) is 20.2. The van der Waals surface area contributed by atoms with Crippen LogP contribution >= 0.6 is 0 Å². The Bertz CT molecular complexity index is 372. The van der Waals surface area contributed by atoms with Crippen molar-refractivity contribution in [1.82, 2.24) is 10.6 Å². The van der Waals surface area contributed by atoms with E-state index in [2.05, 4.69) is 17.6 Å². The highest BCUT2D eigenvalue weighted by atomic mass is 16.1. The molecular weight excluding hydrogens is 348 g/mol. The van der Waals surface area contributed by atoms with Crippen LogP contribution in [0.2, 0.25) is 0 Å². The standard InChI is InChI=1S/C24H48N2O2/c1-4-5-6-7-8-9-10-11-12-13-14-15-16-20-24(28)26-21-18-17-19-23(25-3)22(2)27/h23,25H,4-21H2,1-3H3,(H,26,28). The molecule has 0 aromatic rings. The largest absolute Gasteiger partial charge is 0.356 e. The lowest BCUT2D eigenvalue weighted by Crippen LogP contribution is -2.32. The van der Waals surface area contributed by atoms with Gasteiger partial charge < -0.3 is 10.6 Å². The zero-order chi connectivity index (χ0) is 20.9. The number of ketones is 1. The average molecular weight is 397 g/mol. The summed E-state index contributed by atoms with van der Waals surface area (Å²) >= 11 is 0. The maximum absolute atomic E-state index is 11.8. The second-order valence-corrected chi connectivity index (χ2v) is 8.29. The quantitative estimate of drug-likeness (QED) is 0.236. The first kappa shape index (κ1) is 27.1. The van der Waals surface area contributed by atoms with E-state index in [4.69, 9.17) is 0 Å². The summed E-state index contributed by atoms with van der Waals surface area (Å²) < 4.78 is 0. The van der Waals surface area contributed by atoms with Gasteiger partial charge in [-0.1, -0.05) is 84.0 Å². The molecule has 0 radical (unpaired) electrons. The van der Waals surface area contributed by atoms with Gasteiger partial charge in [0.05, 0.1) is 6.04 Å². The van der Waals surface area contributed by atoms with Crippen LogP contribution in [0.15, 0.2) is 0 Å². The molecule has 0 aliphatic carbocycles. The van der Waals surface area contributed by atoms with Crippen molar-refractivity contribution in [3.8, 4) is 0 Å². The van der Waals surface area contributed by atoms with Crippen LogP contribution in [0.1, 0.15) is 123 Å². The van der Waals surface area contributed by atoms with Gasteiger partial charge in [0.15, 0.2) is 0 Å². The van der Waals surface area contributed by atoms with E-state index in [9.17, 15) is 9.59 Å². The molecule has 0 aliphatic rings. The van der Waals surface area contributed by atoms with Gasteiger partial charge in [0, 0.05) is 13.0 Å². The highest BCUT2D eigenvalue weighted by Crippen LogP contribution is 2.13. The van der Waals surface area contributed by atoms with Crippen LogP contribution in [0.25, 0.3) is 0 Å². The topological polar surface area (TPSA) is 58.2 Å². The molecule has 0 spiro atoms. The molecule has 28 heavy (non-hydrogen) atoms. The van der Waals surface area contributed by atoms with Crippen molar-refractivity contribution >= 4 is 11.7 Å². The molecule has 0 aromatic carbocycles. The van der Waals surface area contributed by atoms with Crippen molar-refractivity contribution in [2.75, 3.05) is 13.6 Å². The molecule has 0 aromatic heterocycles. The highest BCUT2D eigenvalue weighted by Gasteiger charge is 2.10. The van der Waals surface area contributed by atoms with Crippen molar-refractivity contribution in [1.29, 1.82) is 0 Å². The van der Waals surface area contributed by atoms with Crippen molar-refractivity contribution in [2.24, 2.45) is 0 Å². The zero-order valence-electron chi connectivity index (χ0n) is 19.1. The summed E-state index contributed by atoms with van der Waals surface area (Å²) in [7, 11) is 1.82. The predicted octanol–water partition coefficient (Wildman–Crippen LogP) is 5.93. The number of amides is 1. The summed E-state index contributed by atoms with van der Waals surface area (Å²) in [5, 5.41) is 6.03. The van der Waals surface area contributed by atoms with Crippen LogP contribution < -0.4 is 10.6 Å². The molecule has 0 rings (SSSR count). The minimum Gasteiger partial charge on any atom is -0.356 e. The molecule has 4 nitrogen and oxygen atoms in total. The summed E-state index contributed by atoms with van der Waals surface area (Å²) in [5.74, 6) is 0.369. The second kappa shape index (κ2) is 20.8. The molecule has 0 fully saturated rings. The Balaban J connectivity index is 3.28. The number of Topliss-reactive ketones (excluding diaryl/α,β-unsaturated/α-hetero) is 1. The summed E-state index contributed by atoms with van der Waals surface area (Å²) in [6, 6.07) is -0.0403. The fourth-order valence-corrected chi connectivity index (χ4v) is 3.64. The van der Waals surface area contributed by atoms with Crippen molar-refractivity contribution < 1.29 is 9.59 Å². The zero-order valence-corrected chi connectivity index (χ0v) is 19.1. The third-order valence-electron chi connectivity index (χ3n) is 5.59. The molecule has 2 N–H and O–H groups in total. The molecule has 0 aliphatic heterocycles. The molecule has 1 unspecified atom stereocenters. The van der Waals surface area contributed by atoms with Gasteiger partial charge >= 0.3 is 0 Å². The smallest absolute Gasteiger partial charge is 0.219 e. The molecule has 1 amide bonds. The van der Waals surface area contributed by atoms with E-state index in [0.29, 0.717) is 6.42 Å². The molecule has 0 heterocycles. The lowest BCUT2D eigenvalue weighted by molar-refractivity contribution is -0.121. The van der Waals surface area contributed by atoms with Gasteiger partial charge in [0.25, 0.3) is 0 Å². The van der Waals surface area contributed by atoms with Crippen LogP contribution in [0.5, 0.6) is 0 Å². The van der Waals surface area contributed by atoms with Gasteiger partial charge in [-0.25, -0.2) is 0 Å². The minimum atomic E-state index is -0.0403. The third-order valence-corrected chi connectivity index (χ3v) is 5.59. The first-order valence-corrected chi connectivity index (χ1v) is 12.1. The summed E-state index contributed by atoms with van der Waals surface area (Å²) in [6.45, 7) is 4.62. The van der Waals surface area contributed by atoms with Crippen molar-refractivity contribution in [3.63, 3.8) is 0 Å². The number of carbonyl (C=O) groups is 2.